The number of carbonyl (C=O) groups excluding carboxylic acids is 1. The number of anilines is 1. The quantitative estimate of drug-likeness (QED) is 0.588. The Morgan fingerprint density at radius 1 is 1.04 bits per heavy atom. The number of hydrogen-bond donors (Lipinski definition) is 2. The van der Waals surface area contributed by atoms with Crippen molar-refractivity contribution in [2.24, 2.45) is 0 Å². The Hall–Kier alpha value is -2.55. The van der Waals surface area contributed by atoms with Crippen LogP contribution in [0, 0.1) is 0 Å². The standard InChI is InChI=1S/C19H18N2O4S2/c1-26-17-8-6-15(7-9-17)21-19(22)14-4-10-18(11-5-14)27(23,24)20-13-16-3-2-12-25-16/h2-12,20H,13H2,1H3,(H,21,22). The molecule has 1 aromatic heterocycles. The average Bonchev–Trinajstić information content (AvgIpc) is 3.21. The van der Waals surface area contributed by atoms with Gasteiger partial charge in [0.15, 0.2) is 0 Å². The lowest BCUT2D eigenvalue weighted by atomic mass is 10.2. The molecule has 0 aliphatic carbocycles. The fourth-order valence-corrected chi connectivity index (χ4v) is 3.73. The molecular weight excluding hydrogens is 384 g/mol. The topological polar surface area (TPSA) is 88.4 Å². The minimum absolute atomic E-state index is 0.0591. The Morgan fingerprint density at radius 3 is 2.33 bits per heavy atom. The van der Waals surface area contributed by atoms with Crippen molar-refractivity contribution in [1.82, 2.24) is 4.72 Å². The number of sulfonamides is 1. The second-order valence-corrected chi connectivity index (χ2v) is 8.26. The first kappa shape index (κ1) is 19.2. The summed E-state index contributed by atoms with van der Waals surface area (Å²) >= 11 is 1.62. The van der Waals surface area contributed by atoms with Gasteiger partial charge in [-0.25, -0.2) is 13.1 Å². The number of amides is 1. The minimum atomic E-state index is -3.69. The SMILES string of the molecule is CSc1ccc(NC(=O)c2ccc(S(=O)(=O)NCc3ccco3)cc2)cc1. The Labute approximate surface area is 162 Å². The fraction of sp³-hybridized carbons (Fsp3) is 0.105. The Kier molecular flexibility index (Phi) is 6.00. The molecule has 0 aliphatic rings. The molecule has 0 spiro atoms. The van der Waals surface area contributed by atoms with Crippen LogP contribution >= 0.6 is 11.8 Å². The summed E-state index contributed by atoms with van der Waals surface area (Å²) in [6, 6.07) is 16.6. The molecule has 1 heterocycles. The molecule has 0 atom stereocenters. The van der Waals surface area contributed by atoms with Gasteiger partial charge in [-0.1, -0.05) is 0 Å². The molecule has 3 aromatic rings. The van der Waals surface area contributed by atoms with E-state index < -0.39 is 10.0 Å². The van der Waals surface area contributed by atoms with E-state index in [1.165, 1.54) is 30.5 Å². The van der Waals surface area contributed by atoms with Crippen molar-refractivity contribution < 1.29 is 17.6 Å². The zero-order valence-electron chi connectivity index (χ0n) is 14.5. The van der Waals surface area contributed by atoms with Crippen LogP contribution in [0.15, 0.2) is 81.1 Å². The highest BCUT2D eigenvalue weighted by Crippen LogP contribution is 2.18. The number of furan rings is 1. The average molecular weight is 402 g/mol. The van der Waals surface area contributed by atoms with Gasteiger partial charge in [-0.2, -0.15) is 0 Å². The molecule has 0 unspecified atom stereocenters. The molecule has 0 saturated heterocycles. The highest BCUT2D eigenvalue weighted by molar-refractivity contribution is 7.98. The van der Waals surface area contributed by atoms with Gasteiger partial charge < -0.3 is 9.73 Å². The van der Waals surface area contributed by atoms with Gasteiger partial charge in [-0.05, 0) is 66.9 Å². The molecule has 2 N–H and O–H groups in total. The molecule has 1 amide bonds. The summed E-state index contributed by atoms with van der Waals surface area (Å²) in [7, 11) is -3.69. The van der Waals surface area contributed by atoms with Crippen molar-refractivity contribution in [2.45, 2.75) is 16.3 Å². The molecule has 0 aliphatic heterocycles. The lowest BCUT2D eigenvalue weighted by molar-refractivity contribution is 0.102. The van der Waals surface area contributed by atoms with E-state index in [4.69, 9.17) is 4.42 Å². The molecule has 27 heavy (non-hydrogen) atoms. The van der Waals surface area contributed by atoms with Crippen LogP contribution in [0.3, 0.4) is 0 Å². The predicted octanol–water partition coefficient (Wildman–Crippen LogP) is 3.73. The lowest BCUT2D eigenvalue weighted by Gasteiger charge is -2.08. The summed E-state index contributed by atoms with van der Waals surface area (Å²) in [5.74, 6) is 0.210. The van der Waals surface area contributed by atoms with E-state index in [-0.39, 0.29) is 17.3 Å². The zero-order valence-corrected chi connectivity index (χ0v) is 16.1. The van der Waals surface area contributed by atoms with E-state index in [2.05, 4.69) is 10.0 Å². The highest BCUT2D eigenvalue weighted by Gasteiger charge is 2.15. The summed E-state index contributed by atoms with van der Waals surface area (Å²) in [4.78, 5) is 13.5. The number of carbonyl (C=O) groups is 1. The summed E-state index contributed by atoms with van der Waals surface area (Å²) in [5.41, 5.74) is 1.04. The largest absolute Gasteiger partial charge is 0.468 e. The number of nitrogens with one attached hydrogen (secondary N) is 2. The second-order valence-electron chi connectivity index (χ2n) is 5.61. The van der Waals surface area contributed by atoms with Crippen LogP contribution in [0.1, 0.15) is 16.1 Å². The summed E-state index contributed by atoms with van der Waals surface area (Å²) in [6.45, 7) is 0.0591. The van der Waals surface area contributed by atoms with Crippen LogP contribution < -0.4 is 10.0 Å². The normalized spacial score (nSPS) is 11.3. The van der Waals surface area contributed by atoms with Gasteiger partial charge >= 0.3 is 0 Å². The van der Waals surface area contributed by atoms with Gasteiger partial charge in [0.05, 0.1) is 17.7 Å². The highest BCUT2D eigenvalue weighted by atomic mass is 32.2. The van der Waals surface area contributed by atoms with E-state index in [9.17, 15) is 13.2 Å². The molecule has 2 aromatic carbocycles. The van der Waals surface area contributed by atoms with Crippen molar-refractivity contribution >= 4 is 33.4 Å². The number of hydrogen-bond acceptors (Lipinski definition) is 5. The Morgan fingerprint density at radius 2 is 1.74 bits per heavy atom. The van der Waals surface area contributed by atoms with Crippen molar-refractivity contribution in [3.05, 3.63) is 78.3 Å². The molecule has 8 heteroatoms. The van der Waals surface area contributed by atoms with E-state index in [0.717, 1.165) is 4.90 Å². The van der Waals surface area contributed by atoms with Crippen molar-refractivity contribution in [3.8, 4) is 0 Å². The maximum absolute atomic E-state index is 12.3. The molecule has 3 rings (SSSR count). The van der Waals surface area contributed by atoms with Crippen molar-refractivity contribution in [2.75, 3.05) is 11.6 Å². The fourth-order valence-electron chi connectivity index (χ4n) is 2.33. The lowest BCUT2D eigenvalue weighted by Crippen LogP contribution is -2.23. The van der Waals surface area contributed by atoms with Crippen LogP contribution in [-0.2, 0) is 16.6 Å². The molecule has 0 radical (unpaired) electrons. The molecule has 140 valence electrons. The third-order valence-electron chi connectivity index (χ3n) is 3.79. The number of rotatable bonds is 7. The van der Waals surface area contributed by atoms with E-state index >= 15 is 0 Å². The minimum Gasteiger partial charge on any atom is -0.468 e. The first-order chi connectivity index (χ1) is 13.0. The van der Waals surface area contributed by atoms with Gasteiger partial charge in [0.1, 0.15) is 5.76 Å². The van der Waals surface area contributed by atoms with E-state index in [0.29, 0.717) is 17.0 Å². The monoisotopic (exact) mass is 402 g/mol. The van der Waals surface area contributed by atoms with Gasteiger partial charge in [0, 0.05) is 16.1 Å². The summed E-state index contributed by atoms with van der Waals surface area (Å²) in [6.07, 6.45) is 3.46. The summed E-state index contributed by atoms with van der Waals surface area (Å²) < 4.78 is 32.2. The maximum Gasteiger partial charge on any atom is 0.255 e. The molecule has 6 nitrogen and oxygen atoms in total. The summed E-state index contributed by atoms with van der Waals surface area (Å²) in [5, 5.41) is 2.79. The van der Waals surface area contributed by atoms with Crippen molar-refractivity contribution in [1.29, 1.82) is 0 Å². The smallest absolute Gasteiger partial charge is 0.255 e. The molecular formula is C19H18N2O4S2. The van der Waals surface area contributed by atoms with Crippen LogP contribution in [0.4, 0.5) is 5.69 Å². The Bertz CT molecular complexity index is 997. The van der Waals surface area contributed by atoms with Gasteiger partial charge in [-0.3, -0.25) is 4.79 Å². The maximum atomic E-state index is 12.3. The van der Waals surface area contributed by atoms with Gasteiger partial charge in [0.2, 0.25) is 10.0 Å². The van der Waals surface area contributed by atoms with Crippen molar-refractivity contribution in [3.63, 3.8) is 0 Å². The van der Waals surface area contributed by atoms with Gasteiger partial charge in [0.25, 0.3) is 5.91 Å². The van der Waals surface area contributed by atoms with E-state index in [1.807, 2.05) is 30.5 Å². The third kappa shape index (κ3) is 5.00. The predicted molar refractivity (Wildman–Crippen MR) is 105 cm³/mol. The second kappa shape index (κ2) is 8.43. The van der Waals surface area contributed by atoms with Crippen LogP contribution in [-0.4, -0.2) is 20.6 Å². The van der Waals surface area contributed by atoms with Crippen LogP contribution in [0.25, 0.3) is 0 Å². The first-order valence-corrected chi connectivity index (χ1v) is 10.8. The third-order valence-corrected chi connectivity index (χ3v) is 5.95. The molecule has 0 fully saturated rings. The van der Waals surface area contributed by atoms with Crippen LogP contribution in [0.2, 0.25) is 0 Å². The molecule has 0 bridgehead atoms. The van der Waals surface area contributed by atoms with Gasteiger partial charge in [-0.15, -0.1) is 11.8 Å². The molecule has 0 saturated carbocycles. The van der Waals surface area contributed by atoms with E-state index in [1.54, 1.807) is 23.9 Å². The van der Waals surface area contributed by atoms with Crippen LogP contribution in [0.5, 0.6) is 0 Å². The number of benzene rings is 2. The Balaban J connectivity index is 1.65. The first-order valence-electron chi connectivity index (χ1n) is 8.05. The zero-order chi connectivity index (χ0) is 19.3. The number of thioether (sulfide) groups is 1.